The van der Waals surface area contributed by atoms with Gasteiger partial charge in [0.25, 0.3) is 5.91 Å². The first-order valence-electron chi connectivity index (χ1n) is 10.8. The number of carbonyl (C=O) groups is 1. The third-order valence-corrected chi connectivity index (χ3v) is 7.82. The number of sulfonamides is 1. The topological polar surface area (TPSA) is 86.7 Å². The number of carbonyl (C=O) groups excluding carboxylic acids is 1. The van der Waals surface area contributed by atoms with E-state index < -0.39 is 10.0 Å². The largest absolute Gasteiger partial charge is 0.337 e. The van der Waals surface area contributed by atoms with E-state index in [0.717, 1.165) is 6.42 Å². The lowest BCUT2D eigenvalue weighted by Gasteiger charge is -2.35. The van der Waals surface area contributed by atoms with E-state index in [1.165, 1.54) is 0 Å². The summed E-state index contributed by atoms with van der Waals surface area (Å²) in [6.07, 6.45) is 4.46. The van der Waals surface area contributed by atoms with Gasteiger partial charge in [0, 0.05) is 57.2 Å². The van der Waals surface area contributed by atoms with Gasteiger partial charge in [-0.15, -0.1) is 0 Å². The summed E-state index contributed by atoms with van der Waals surface area (Å²) in [6, 6.07) is 8.14. The fourth-order valence-electron chi connectivity index (χ4n) is 4.47. The zero-order valence-corrected chi connectivity index (χ0v) is 18.8. The molecular formula is C22H29N5O3S. The molecule has 9 heteroatoms. The lowest BCUT2D eigenvalue weighted by Crippen LogP contribution is -2.49. The minimum Gasteiger partial charge on any atom is -0.337 e. The summed E-state index contributed by atoms with van der Waals surface area (Å²) in [5, 5.41) is 0. The van der Waals surface area contributed by atoms with E-state index in [-0.39, 0.29) is 10.8 Å². The Kier molecular flexibility index (Phi) is 6.24. The first-order chi connectivity index (χ1) is 14.8. The number of hydrogen-bond acceptors (Lipinski definition) is 6. The molecule has 2 saturated heterocycles. The van der Waals surface area contributed by atoms with Crippen LogP contribution in [0.2, 0.25) is 0 Å². The van der Waals surface area contributed by atoms with E-state index in [1.54, 1.807) is 51.9 Å². The molecule has 2 aliphatic rings. The average Bonchev–Trinajstić information content (AvgIpc) is 2.79. The molecule has 166 valence electrons. The number of nitrogens with zero attached hydrogens (tertiary/aromatic N) is 5. The van der Waals surface area contributed by atoms with Gasteiger partial charge in [0.2, 0.25) is 16.0 Å². The molecule has 0 spiro atoms. The van der Waals surface area contributed by atoms with Gasteiger partial charge in [-0.05, 0) is 48.6 Å². The van der Waals surface area contributed by atoms with Gasteiger partial charge in [0.05, 0.1) is 4.90 Å². The highest BCUT2D eigenvalue weighted by Crippen LogP contribution is 2.27. The highest BCUT2D eigenvalue weighted by Gasteiger charge is 2.32. The zero-order chi connectivity index (χ0) is 22.0. The molecule has 8 nitrogen and oxygen atoms in total. The van der Waals surface area contributed by atoms with Crippen molar-refractivity contribution in [3.8, 4) is 0 Å². The minimum absolute atomic E-state index is 0.0854. The second-order valence-corrected chi connectivity index (χ2v) is 10.6. The maximum absolute atomic E-state index is 13.0. The summed E-state index contributed by atoms with van der Waals surface area (Å²) in [7, 11) is -3.55. The Morgan fingerprint density at radius 2 is 1.52 bits per heavy atom. The molecule has 0 aliphatic carbocycles. The molecule has 0 saturated carbocycles. The van der Waals surface area contributed by atoms with Crippen molar-refractivity contribution in [2.45, 2.75) is 25.2 Å². The van der Waals surface area contributed by atoms with Crippen molar-refractivity contribution in [2.75, 3.05) is 44.2 Å². The van der Waals surface area contributed by atoms with Crippen LogP contribution >= 0.6 is 0 Å². The third kappa shape index (κ3) is 4.72. The van der Waals surface area contributed by atoms with Crippen LogP contribution in [0.1, 0.15) is 30.6 Å². The van der Waals surface area contributed by atoms with Crippen LogP contribution in [0, 0.1) is 11.8 Å². The van der Waals surface area contributed by atoms with Crippen molar-refractivity contribution >= 4 is 21.9 Å². The molecule has 2 aromatic rings. The van der Waals surface area contributed by atoms with Gasteiger partial charge in [0.15, 0.2) is 0 Å². The van der Waals surface area contributed by atoms with E-state index in [1.807, 2.05) is 0 Å². The van der Waals surface area contributed by atoms with Gasteiger partial charge in [0.1, 0.15) is 0 Å². The predicted octanol–water partition coefficient (Wildman–Crippen LogP) is 2.11. The summed E-state index contributed by atoms with van der Waals surface area (Å²) < 4.78 is 27.7. The lowest BCUT2D eigenvalue weighted by atomic mass is 9.94. The second-order valence-electron chi connectivity index (χ2n) is 8.62. The average molecular weight is 444 g/mol. The van der Waals surface area contributed by atoms with Crippen LogP contribution < -0.4 is 4.90 Å². The van der Waals surface area contributed by atoms with Crippen molar-refractivity contribution in [1.82, 2.24) is 19.2 Å². The number of piperidine rings is 1. The maximum atomic E-state index is 13.0. The summed E-state index contributed by atoms with van der Waals surface area (Å²) in [5.41, 5.74) is 0.503. The van der Waals surface area contributed by atoms with Gasteiger partial charge in [-0.1, -0.05) is 13.8 Å². The predicted molar refractivity (Wildman–Crippen MR) is 118 cm³/mol. The molecule has 31 heavy (non-hydrogen) atoms. The van der Waals surface area contributed by atoms with Crippen molar-refractivity contribution < 1.29 is 13.2 Å². The van der Waals surface area contributed by atoms with Gasteiger partial charge in [-0.2, -0.15) is 4.31 Å². The fraction of sp³-hybridized carbons (Fsp3) is 0.500. The lowest BCUT2D eigenvalue weighted by molar-refractivity contribution is 0.0746. The molecule has 3 heterocycles. The summed E-state index contributed by atoms with van der Waals surface area (Å²) in [4.78, 5) is 25.5. The van der Waals surface area contributed by atoms with Gasteiger partial charge >= 0.3 is 0 Å². The van der Waals surface area contributed by atoms with Gasteiger partial charge in [-0.25, -0.2) is 18.4 Å². The second kappa shape index (κ2) is 8.92. The standard InChI is InChI=1S/C22H29N5O3S/c1-17-14-18(2)16-27(15-17)31(29,30)20-6-4-19(5-7-20)21(28)25-10-12-26(13-11-25)22-23-8-3-9-24-22/h3-9,17-18H,10-16H2,1-2H3/t17-,18+. The van der Waals surface area contributed by atoms with Crippen LogP contribution in [0.5, 0.6) is 0 Å². The van der Waals surface area contributed by atoms with Crippen LogP contribution in [0.3, 0.4) is 0 Å². The van der Waals surface area contributed by atoms with Crippen LogP contribution in [0.15, 0.2) is 47.6 Å². The first-order valence-corrected chi connectivity index (χ1v) is 12.2. The number of rotatable bonds is 4. The Bertz CT molecular complexity index is 995. The molecule has 4 rings (SSSR count). The summed E-state index contributed by atoms with van der Waals surface area (Å²) in [6.45, 7) is 7.72. The van der Waals surface area contributed by atoms with Crippen molar-refractivity contribution in [2.24, 2.45) is 11.8 Å². The van der Waals surface area contributed by atoms with E-state index in [0.29, 0.717) is 62.6 Å². The molecule has 0 unspecified atom stereocenters. The van der Waals surface area contributed by atoms with Crippen molar-refractivity contribution in [3.05, 3.63) is 48.3 Å². The monoisotopic (exact) mass is 443 g/mol. The summed E-state index contributed by atoms with van der Waals surface area (Å²) in [5.74, 6) is 1.28. The Labute approximate surface area is 183 Å². The molecule has 0 N–H and O–H groups in total. The van der Waals surface area contributed by atoms with Crippen LogP contribution in [0.4, 0.5) is 5.95 Å². The van der Waals surface area contributed by atoms with Crippen molar-refractivity contribution in [3.63, 3.8) is 0 Å². The number of hydrogen-bond donors (Lipinski definition) is 0. The quantitative estimate of drug-likeness (QED) is 0.719. The number of piperazine rings is 1. The smallest absolute Gasteiger partial charge is 0.253 e. The summed E-state index contributed by atoms with van der Waals surface area (Å²) >= 11 is 0. The molecule has 1 aromatic carbocycles. The number of benzene rings is 1. The Morgan fingerprint density at radius 1 is 0.935 bits per heavy atom. The Balaban J connectivity index is 1.41. The van der Waals surface area contributed by atoms with Crippen molar-refractivity contribution in [1.29, 1.82) is 0 Å². The Hall–Kier alpha value is -2.52. The van der Waals surface area contributed by atoms with Gasteiger partial charge < -0.3 is 9.80 Å². The molecule has 2 atom stereocenters. The van der Waals surface area contributed by atoms with E-state index in [4.69, 9.17) is 0 Å². The molecular weight excluding hydrogens is 414 g/mol. The van der Waals surface area contributed by atoms with Crippen LogP contribution in [0.25, 0.3) is 0 Å². The molecule has 2 aliphatic heterocycles. The van der Waals surface area contributed by atoms with Crippen LogP contribution in [-0.4, -0.2) is 72.8 Å². The molecule has 0 bridgehead atoms. The molecule has 2 fully saturated rings. The zero-order valence-electron chi connectivity index (χ0n) is 18.0. The molecule has 1 amide bonds. The Morgan fingerprint density at radius 3 is 2.10 bits per heavy atom. The van der Waals surface area contributed by atoms with Crippen LogP contribution in [-0.2, 0) is 10.0 Å². The third-order valence-electron chi connectivity index (χ3n) is 5.98. The fourth-order valence-corrected chi connectivity index (χ4v) is 6.15. The number of anilines is 1. The molecule has 0 radical (unpaired) electrons. The minimum atomic E-state index is -3.55. The van der Waals surface area contributed by atoms with E-state index in [2.05, 4.69) is 28.7 Å². The van der Waals surface area contributed by atoms with Gasteiger partial charge in [-0.3, -0.25) is 4.79 Å². The maximum Gasteiger partial charge on any atom is 0.253 e. The highest BCUT2D eigenvalue weighted by atomic mass is 32.2. The van der Waals surface area contributed by atoms with E-state index in [9.17, 15) is 13.2 Å². The SMILES string of the molecule is C[C@@H]1C[C@H](C)CN(S(=O)(=O)c2ccc(C(=O)N3CCN(c4ncccn4)CC3)cc2)C1. The molecule has 1 aromatic heterocycles. The highest BCUT2D eigenvalue weighted by molar-refractivity contribution is 7.89. The first kappa shape index (κ1) is 21.7. The normalized spacial score (nSPS) is 23.0. The number of amides is 1. The van der Waals surface area contributed by atoms with E-state index >= 15 is 0 Å². The number of aromatic nitrogens is 2.